The number of hydrogen-bond donors (Lipinski definition) is 0. The zero-order chi connectivity index (χ0) is 12.7. The zero-order valence-electron chi connectivity index (χ0n) is 12.2. The highest BCUT2D eigenvalue weighted by molar-refractivity contribution is 4.88. The predicted octanol–water partition coefficient (Wildman–Crippen LogP) is 6.57. The molecule has 0 atom stereocenters. The van der Waals surface area contributed by atoms with Gasteiger partial charge in [-0.3, -0.25) is 0 Å². The number of hydrogen-bond acceptors (Lipinski definition) is 0. The van der Waals surface area contributed by atoms with Crippen molar-refractivity contribution in [3.63, 3.8) is 0 Å². The van der Waals surface area contributed by atoms with Crippen LogP contribution in [0.3, 0.4) is 0 Å². The molecule has 0 amide bonds. The second kappa shape index (κ2) is 12.9. The molecular formula is C18H32. The Bertz CT molecular complexity index is 188. The van der Waals surface area contributed by atoms with Crippen molar-refractivity contribution < 1.29 is 0 Å². The van der Waals surface area contributed by atoms with E-state index in [9.17, 15) is 0 Å². The molecule has 1 aliphatic rings. The summed E-state index contributed by atoms with van der Waals surface area (Å²) in [7, 11) is 0. The summed E-state index contributed by atoms with van der Waals surface area (Å²) in [4.78, 5) is 0. The van der Waals surface area contributed by atoms with Crippen LogP contribution >= 0.6 is 0 Å². The molecule has 0 radical (unpaired) electrons. The molecule has 1 rings (SSSR count). The summed E-state index contributed by atoms with van der Waals surface area (Å²) in [6, 6.07) is 0. The molecule has 104 valence electrons. The van der Waals surface area contributed by atoms with E-state index in [1.54, 1.807) is 0 Å². The van der Waals surface area contributed by atoms with Crippen LogP contribution in [0.15, 0.2) is 24.3 Å². The Morgan fingerprint density at radius 3 is 0.944 bits per heavy atom. The molecule has 0 nitrogen and oxygen atoms in total. The highest BCUT2D eigenvalue weighted by Gasteiger charge is 1.93. The van der Waals surface area contributed by atoms with E-state index < -0.39 is 0 Å². The maximum absolute atomic E-state index is 2.39. The van der Waals surface area contributed by atoms with E-state index in [1.807, 2.05) is 0 Å². The summed E-state index contributed by atoms with van der Waals surface area (Å²) in [5.74, 6) is 0. The Morgan fingerprint density at radius 1 is 0.278 bits per heavy atom. The number of allylic oxidation sites excluding steroid dienone is 4. The minimum absolute atomic E-state index is 1.23. The van der Waals surface area contributed by atoms with Gasteiger partial charge in [-0.1, -0.05) is 75.7 Å². The van der Waals surface area contributed by atoms with E-state index in [0.717, 1.165) is 0 Å². The highest BCUT2D eigenvalue weighted by Crippen LogP contribution is 2.12. The lowest BCUT2D eigenvalue weighted by molar-refractivity contribution is 0.553. The summed E-state index contributed by atoms with van der Waals surface area (Å²) in [6.45, 7) is 0. The van der Waals surface area contributed by atoms with Crippen LogP contribution in [-0.2, 0) is 0 Å². The Balaban J connectivity index is 2.13. The van der Waals surface area contributed by atoms with Gasteiger partial charge in [0.2, 0.25) is 0 Å². The van der Waals surface area contributed by atoms with Crippen LogP contribution in [0, 0.1) is 0 Å². The average molecular weight is 248 g/mol. The molecule has 0 aromatic heterocycles. The summed E-state index contributed by atoms with van der Waals surface area (Å²) in [5, 5.41) is 0. The molecule has 0 heteroatoms. The summed E-state index contributed by atoms with van der Waals surface area (Å²) in [5.41, 5.74) is 0. The number of rotatable bonds is 0. The molecule has 0 heterocycles. The van der Waals surface area contributed by atoms with Gasteiger partial charge in [0.05, 0.1) is 0 Å². The van der Waals surface area contributed by atoms with Crippen molar-refractivity contribution in [2.24, 2.45) is 0 Å². The van der Waals surface area contributed by atoms with Crippen molar-refractivity contribution in [2.75, 3.05) is 0 Å². The summed E-state index contributed by atoms with van der Waals surface area (Å²) in [6.07, 6.45) is 29.0. The van der Waals surface area contributed by atoms with Gasteiger partial charge in [0.1, 0.15) is 0 Å². The first-order valence-electron chi connectivity index (χ1n) is 8.30. The molecule has 0 unspecified atom stereocenters. The third-order valence-electron chi connectivity index (χ3n) is 3.82. The molecule has 0 aliphatic heterocycles. The first-order valence-corrected chi connectivity index (χ1v) is 8.30. The quantitative estimate of drug-likeness (QED) is 0.425. The predicted molar refractivity (Wildman–Crippen MR) is 82.9 cm³/mol. The third-order valence-corrected chi connectivity index (χ3v) is 3.82. The van der Waals surface area contributed by atoms with Crippen molar-refractivity contribution in [3.8, 4) is 0 Å². The van der Waals surface area contributed by atoms with Crippen LogP contribution in [0.1, 0.15) is 89.9 Å². The monoisotopic (exact) mass is 248 g/mol. The lowest BCUT2D eigenvalue weighted by Crippen LogP contribution is -1.82. The fourth-order valence-corrected chi connectivity index (χ4v) is 2.60. The fourth-order valence-electron chi connectivity index (χ4n) is 2.60. The van der Waals surface area contributed by atoms with Gasteiger partial charge in [0.15, 0.2) is 0 Å². The molecule has 0 saturated carbocycles. The van der Waals surface area contributed by atoms with Gasteiger partial charge < -0.3 is 0 Å². The molecule has 1 aliphatic carbocycles. The van der Waals surface area contributed by atoms with Gasteiger partial charge >= 0.3 is 0 Å². The molecular weight excluding hydrogens is 216 g/mol. The smallest absolute Gasteiger partial charge is 0.0316 e. The Labute approximate surface area is 115 Å². The van der Waals surface area contributed by atoms with Gasteiger partial charge in [-0.2, -0.15) is 0 Å². The largest absolute Gasteiger partial charge is 0.0885 e. The van der Waals surface area contributed by atoms with Crippen LogP contribution in [0.2, 0.25) is 0 Å². The lowest BCUT2D eigenvalue weighted by atomic mass is 10.0. The SMILES string of the molecule is C1=C/CCCCCCCCCCCC/C=C/CC/1. The fraction of sp³-hybridized carbons (Fsp3) is 0.778. The van der Waals surface area contributed by atoms with E-state index in [0.29, 0.717) is 0 Å². The van der Waals surface area contributed by atoms with Crippen LogP contribution in [0.25, 0.3) is 0 Å². The minimum atomic E-state index is 1.23. The van der Waals surface area contributed by atoms with Crippen molar-refractivity contribution in [2.45, 2.75) is 89.9 Å². The molecule has 0 saturated heterocycles. The van der Waals surface area contributed by atoms with Crippen LogP contribution in [-0.4, -0.2) is 0 Å². The normalized spacial score (nSPS) is 25.8. The summed E-state index contributed by atoms with van der Waals surface area (Å²) < 4.78 is 0. The van der Waals surface area contributed by atoms with E-state index in [4.69, 9.17) is 0 Å². The van der Waals surface area contributed by atoms with Crippen LogP contribution in [0.4, 0.5) is 0 Å². The lowest BCUT2D eigenvalue weighted by Gasteiger charge is -2.02. The van der Waals surface area contributed by atoms with Crippen molar-refractivity contribution in [1.29, 1.82) is 0 Å². The molecule has 0 fully saturated rings. The molecule has 0 spiro atoms. The minimum Gasteiger partial charge on any atom is -0.0885 e. The molecule has 0 bridgehead atoms. The Morgan fingerprint density at radius 2 is 0.556 bits per heavy atom. The van der Waals surface area contributed by atoms with E-state index in [-0.39, 0.29) is 0 Å². The second-order valence-corrected chi connectivity index (χ2v) is 5.63. The zero-order valence-corrected chi connectivity index (χ0v) is 12.2. The molecule has 0 aromatic rings. The van der Waals surface area contributed by atoms with Gasteiger partial charge in [0.25, 0.3) is 0 Å². The van der Waals surface area contributed by atoms with E-state index in [1.165, 1.54) is 89.9 Å². The van der Waals surface area contributed by atoms with Crippen molar-refractivity contribution in [1.82, 2.24) is 0 Å². The topological polar surface area (TPSA) is 0 Å². The van der Waals surface area contributed by atoms with Crippen molar-refractivity contribution in [3.05, 3.63) is 24.3 Å². The van der Waals surface area contributed by atoms with Gasteiger partial charge in [-0.05, 0) is 38.5 Å². The van der Waals surface area contributed by atoms with Gasteiger partial charge in [0, 0.05) is 0 Å². The average Bonchev–Trinajstić information content (AvgIpc) is 2.39. The molecule has 18 heavy (non-hydrogen) atoms. The molecule has 0 aromatic carbocycles. The highest BCUT2D eigenvalue weighted by atomic mass is 14.0. The Hall–Kier alpha value is -0.520. The third kappa shape index (κ3) is 10.6. The van der Waals surface area contributed by atoms with Crippen LogP contribution in [0.5, 0.6) is 0 Å². The van der Waals surface area contributed by atoms with Gasteiger partial charge in [-0.25, -0.2) is 0 Å². The van der Waals surface area contributed by atoms with Gasteiger partial charge in [-0.15, -0.1) is 0 Å². The molecule has 0 N–H and O–H groups in total. The second-order valence-electron chi connectivity index (χ2n) is 5.63. The van der Waals surface area contributed by atoms with Crippen molar-refractivity contribution >= 4 is 0 Å². The standard InChI is InChI=1S/C18H32/c1-2-4-6-8-10-12-14-16-18-17-15-13-11-9-7-5-3-1/h1-2,7,9H,3-6,8,10-18H2/b2-1+,9-7+. The maximum Gasteiger partial charge on any atom is -0.0316 e. The van der Waals surface area contributed by atoms with E-state index in [2.05, 4.69) is 24.3 Å². The Kier molecular flexibility index (Phi) is 11.2. The van der Waals surface area contributed by atoms with E-state index >= 15 is 0 Å². The maximum atomic E-state index is 2.39. The first kappa shape index (κ1) is 15.5. The summed E-state index contributed by atoms with van der Waals surface area (Å²) >= 11 is 0. The first-order chi connectivity index (χ1) is 9.00. The van der Waals surface area contributed by atoms with Crippen LogP contribution < -0.4 is 0 Å².